The van der Waals surface area contributed by atoms with Gasteiger partial charge in [0.05, 0.1) is 19.3 Å². The molecule has 1 aliphatic heterocycles. The van der Waals surface area contributed by atoms with Gasteiger partial charge in [0.1, 0.15) is 0 Å². The van der Waals surface area contributed by atoms with Crippen molar-refractivity contribution in [2.75, 3.05) is 32.8 Å². The molecule has 0 aromatic rings. The lowest BCUT2D eigenvalue weighted by atomic mass is 10.2. The molecule has 1 saturated heterocycles. The van der Waals surface area contributed by atoms with E-state index in [0.717, 1.165) is 19.3 Å². The second-order valence-electron chi connectivity index (χ2n) is 5.56. The Morgan fingerprint density at radius 1 is 1.30 bits per heavy atom. The Kier molecular flexibility index (Phi) is 5.79. The van der Waals surface area contributed by atoms with Gasteiger partial charge in [-0.3, -0.25) is 9.59 Å². The minimum absolute atomic E-state index is 0.121. The molecule has 0 radical (unpaired) electrons. The van der Waals surface area contributed by atoms with Crippen molar-refractivity contribution >= 4 is 11.8 Å². The average Bonchev–Trinajstić information content (AvgIpc) is 3.27. The van der Waals surface area contributed by atoms with E-state index in [1.54, 1.807) is 0 Å². The van der Waals surface area contributed by atoms with Crippen molar-refractivity contribution in [2.24, 2.45) is 0 Å². The fourth-order valence-corrected chi connectivity index (χ4v) is 2.24. The first-order valence-electron chi connectivity index (χ1n) is 7.56. The van der Waals surface area contributed by atoms with Gasteiger partial charge in [0, 0.05) is 25.6 Å². The van der Waals surface area contributed by atoms with Gasteiger partial charge in [0.15, 0.2) is 0 Å². The molecule has 2 fully saturated rings. The first-order valence-corrected chi connectivity index (χ1v) is 7.56. The van der Waals surface area contributed by atoms with E-state index in [1.807, 2.05) is 11.8 Å². The number of morpholine rings is 1. The van der Waals surface area contributed by atoms with E-state index in [-0.39, 0.29) is 17.9 Å². The number of ether oxygens (including phenoxy) is 1. The Bertz CT molecular complexity index is 339. The van der Waals surface area contributed by atoms with Gasteiger partial charge in [-0.1, -0.05) is 0 Å². The molecule has 0 spiro atoms. The van der Waals surface area contributed by atoms with Gasteiger partial charge in [0.2, 0.25) is 11.8 Å². The highest BCUT2D eigenvalue weighted by molar-refractivity contribution is 5.81. The quantitative estimate of drug-likeness (QED) is 0.639. The van der Waals surface area contributed by atoms with Crippen molar-refractivity contribution in [3.63, 3.8) is 0 Å². The lowest BCUT2D eigenvalue weighted by Crippen LogP contribution is -2.49. The monoisotopic (exact) mass is 283 g/mol. The number of nitrogens with one attached hydrogen (secondary N) is 2. The number of amides is 2. The zero-order valence-corrected chi connectivity index (χ0v) is 12.2. The molecule has 0 aromatic heterocycles. The van der Waals surface area contributed by atoms with Crippen LogP contribution < -0.4 is 10.6 Å². The molecule has 6 nitrogen and oxygen atoms in total. The highest BCUT2D eigenvalue weighted by Gasteiger charge is 2.23. The lowest BCUT2D eigenvalue weighted by Gasteiger charge is -2.29. The summed E-state index contributed by atoms with van der Waals surface area (Å²) < 4.78 is 5.23. The fourth-order valence-electron chi connectivity index (χ4n) is 2.24. The minimum Gasteiger partial charge on any atom is -0.378 e. The Hall–Kier alpha value is -1.14. The molecule has 114 valence electrons. The summed E-state index contributed by atoms with van der Waals surface area (Å²) in [7, 11) is 0. The van der Waals surface area contributed by atoms with Crippen LogP contribution in [0, 0.1) is 0 Å². The van der Waals surface area contributed by atoms with Gasteiger partial charge in [-0.05, 0) is 32.7 Å². The Morgan fingerprint density at radius 3 is 2.65 bits per heavy atom. The molecule has 0 bridgehead atoms. The third kappa shape index (κ3) is 5.09. The summed E-state index contributed by atoms with van der Waals surface area (Å²) in [5.41, 5.74) is 0. The van der Waals surface area contributed by atoms with Crippen LogP contribution in [0.25, 0.3) is 0 Å². The lowest BCUT2D eigenvalue weighted by molar-refractivity contribution is -0.137. The van der Waals surface area contributed by atoms with Crippen molar-refractivity contribution in [1.82, 2.24) is 15.5 Å². The predicted octanol–water partition coefficient (Wildman–Crippen LogP) is -0.118. The number of nitrogens with zero attached hydrogens (tertiary/aromatic N) is 1. The van der Waals surface area contributed by atoms with E-state index < -0.39 is 0 Å². The van der Waals surface area contributed by atoms with Crippen molar-refractivity contribution < 1.29 is 14.3 Å². The number of hydrogen-bond donors (Lipinski definition) is 2. The summed E-state index contributed by atoms with van der Waals surface area (Å²) >= 11 is 0. The normalized spacial score (nSPS) is 20.6. The van der Waals surface area contributed by atoms with E-state index in [4.69, 9.17) is 4.74 Å². The van der Waals surface area contributed by atoms with Crippen LogP contribution in [0.5, 0.6) is 0 Å². The molecule has 1 heterocycles. The summed E-state index contributed by atoms with van der Waals surface area (Å²) in [4.78, 5) is 25.4. The van der Waals surface area contributed by atoms with Gasteiger partial charge < -0.3 is 20.3 Å². The second kappa shape index (κ2) is 7.59. The Balaban J connectivity index is 1.55. The summed E-state index contributed by atoms with van der Waals surface area (Å²) in [6, 6.07) is 0.233. The van der Waals surface area contributed by atoms with Gasteiger partial charge >= 0.3 is 0 Å². The highest BCUT2D eigenvalue weighted by atomic mass is 16.5. The number of carbonyl (C=O) groups is 2. The van der Waals surface area contributed by atoms with E-state index in [2.05, 4.69) is 10.6 Å². The standard InChI is InChI=1S/C14H25N3O3/c1-11(14(19)17-7-9-20-10-8-17)15-6-2-3-13(18)16-12-4-5-12/h11-12,15H,2-10H2,1H3,(H,16,18). The highest BCUT2D eigenvalue weighted by Crippen LogP contribution is 2.18. The number of hydrogen-bond acceptors (Lipinski definition) is 4. The fraction of sp³-hybridized carbons (Fsp3) is 0.857. The third-order valence-corrected chi connectivity index (χ3v) is 3.67. The van der Waals surface area contributed by atoms with Crippen LogP contribution in [0.2, 0.25) is 0 Å². The topological polar surface area (TPSA) is 70.7 Å². The van der Waals surface area contributed by atoms with Gasteiger partial charge in [-0.2, -0.15) is 0 Å². The molecular formula is C14H25N3O3. The molecule has 0 aromatic carbocycles. The average molecular weight is 283 g/mol. The van der Waals surface area contributed by atoms with Crippen LogP contribution in [-0.4, -0.2) is 61.6 Å². The molecular weight excluding hydrogens is 258 g/mol. The molecule has 1 unspecified atom stereocenters. The second-order valence-corrected chi connectivity index (χ2v) is 5.56. The van der Waals surface area contributed by atoms with Crippen molar-refractivity contribution in [3.8, 4) is 0 Å². The van der Waals surface area contributed by atoms with E-state index in [9.17, 15) is 9.59 Å². The zero-order chi connectivity index (χ0) is 14.4. The van der Waals surface area contributed by atoms with Crippen LogP contribution in [0.3, 0.4) is 0 Å². The van der Waals surface area contributed by atoms with Crippen molar-refractivity contribution in [3.05, 3.63) is 0 Å². The number of carbonyl (C=O) groups excluding carboxylic acids is 2. The van der Waals surface area contributed by atoms with Crippen molar-refractivity contribution in [2.45, 2.75) is 44.7 Å². The maximum absolute atomic E-state index is 12.1. The van der Waals surface area contributed by atoms with Gasteiger partial charge in [-0.15, -0.1) is 0 Å². The van der Waals surface area contributed by atoms with Crippen molar-refractivity contribution in [1.29, 1.82) is 0 Å². The molecule has 2 rings (SSSR count). The molecule has 2 aliphatic rings. The maximum Gasteiger partial charge on any atom is 0.239 e. The first-order chi connectivity index (χ1) is 9.66. The Morgan fingerprint density at radius 2 is 2.00 bits per heavy atom. The number of rotatable bonds is 7. The van der Waals surface area contributed by atoms with Gasteiger partial charge in [-0.25, -0.2) is 0 Å². The summed E-state index contributed by atoms with van der Waals surface area (Å²) in [6.45, 7) is 5.17. The zero-order valence-electron chi connectivity index (χ0n) is 12.2. The molecule has 6 heteroatoms. The van der Waals surface area contributed by atoms with Gasteiger partial charge in [0.25, 0.3) is 0 Å². The summed E-state index contributed by atoms with van der Waals surface area (Å²) in [5, 5.41) is 6.15. The minimum atomic E-state index is -0.195. The predicted molar refractivity (Wildman–Crippen MR) is 75.3 cm³/mol. The van der Waals surface area contributed by atoms with E-state index >= 15 is 0 Å². The molecule has 2 amide bonds. The molecule has 1 aliphatic carbocycles. The van der Waals surface area contributed by atoms with Crippen LogP contribution in [0.1, 0.15) is 32.6 Å². The smallest absolute Gasteiger partial charge is 0.239 e. The first kappa shape index (κ1) is 15.3. The van der Waals surface area contributed by atoms with Crippen LogP contribution >= 0.6 is 0 Å². The molecule has 1 saturated carbocycles. The molecule has 2 N–H and O–H groups in total. The largest absolute Gasteiger partial charge is 0.378 e. The van der Waals surface area contributed by atoms with Crippen LogP contribution in [0.4, 0.5) is 0 Å². The van der Waals surface area contributed by atoms with Crippen LogP contribution in [0.15, 0.2) is 0 Å². The van der Waals surface area contributed by atoms with E-state index in [0.29, 0.717) is 45.3 Å². The van der Waals surface area contributed by atoms with E-state index in [1.165, 1.54) is 0 Å². The molecule has 20 heavy (non-hydrogen) atoms. The molecule has 1 atom stereocenters. The SMILES string of the molecule is CC(NCCCC(=O)NC1CC1)C(=O)N1CCOCC1. The Labute approximate surface area is 120 Å². The summed E-state index contributed by atoms with van der Waals surface area (Å²) in [5.74, 6) is 0.247. The third-order valence-electron chi connectivity index (χ3n) is 3.67. The maximum atomic E-state index is 12.1. The van der Waals surface area contributed by atoms with Crippen LogP contribution in [-0.2, 0) is 14.3 Å². The summed E-state index contributed by atoms with van der Waals surface area (Å²) in [6.07, 6.45) is 3.53.